The molecule has 2 rings (SSSR count). The van der Waals surface area contributed by atoms with Crippen LogP contribution in [0.4, 0.5) is 0 Å². The Morgan fingerprint density at radius 3 is 2.60 bits per heavy atom. The van der Waals surface area contributed by atoms with Crippen molar-refractivity contribution < 1.29 is 23.7 Å². The van der Waals surface area contributed by atoms with Crippen molar-refractivity contribution in [3.05, 3.63) is 35.9 Å². The lowest BCUT2D eigenvalue weighted by atomic mass is 10.2. The van der Waals surface area contributed by atoms with Crippen molar-refractivity contribution in [1.82, 2.24) is 0 Å². The van der Waals surface area contributed by atoms with E-state index in [0.29, 0.717) is 6.61 Å². The molecule has 1 aromatic rings. The van der Waals surface area contributed by atoms with Crippen LogP contribution in [-0.2, 0) is 30.3 Å². The molecule has 1 heterocycles. The van der Waals surface area contributed by atoms with Crippen LogP contribution in [0.5, 0.6) is 0 Å². The Kier molecular flexibility index (Phi) is 4.75. The zero-order valence-electron chi connectivity index (χ0n) is 12.0. The van der Waals surface area contributed by atoms with Crippen molar-refractivity contribution in [1.29, 1.82) is 0 Å². The Balaban J connectivity index is 1.88. The van der Waals surface area contributed by atoms with Crippen LogP contribution in [-0.4, -0.2) is 37.7 Å². The minimum absolute atomic E-state index is 0.276. The summed E-state index contributed by atoms with van der Waals surface area (Å²) in [5, 5.41) is 0. The van der Waals surface area contributed by atoms with Gasteiger partial charge in [-0.3, -0.25) is 0 Å². The molecule has 1 saturated heterocycles. The number of benzene rings is 1. The molecule has 1 fully saturated rings. The molecular weight excluding hydrogens is 260 g/mol. The molecule has 1 aliphatic rings. The van der Waals surface area contributed by atoms with E-state index >= 15 is 0 Å². The van der Waals surface area contributed by atoms with Crippen LogP contribution in [0.2, 0.25) is 0 Å². The van der Waals surface area contributed by atoms with Gasteiger partial charge in [-0.25, -0.2) is 4.79 Å². The maximum absolute atomic E-state index is 11.7. The topological polar surface area (TPSA) is 54.0 Å². The largest absolute Gasteiger partial charge is 0.467 e. The van der Waals surface area contributed by atoms with Crippen molar-refractivity contribution >= 4 is 5.97 Å². The molecule has 110 valence electrons. The summed E-state index contributed by atoms with van der Waals surface area (Å²) < 4.78 is 21.5. The van der Waals surface area contributed by atoms with Crippen LogP contribution >= 0.6 is 0 Å². The van der Waals surface area contributed by atoms with Crippen LogP contribution in [0.1, 0.15) is 19.4 Å². The van der Waals surface area contributed by atoms with E-state index in [-0.39, 0.29) is 6.61 Å². The van der Waals surface area contributed by atoms with Gasteiger partial charge in [-0.1, -0.05) is 30.3 Å². The van der Waals surface area contributed by atoms with Crippen molar-refractivity contribution in [3.63, 3.8) is 0 Å². The van der Waals surface area contributed by atoms with E-state index in [9.17, 15) is 4.79 Å². The highest BCUT2D eigenvalue weighted by molar-refractivity contribution is 5.75. The first-order valence-electron chi connectivity index (χ1n) is 6.57. The molecule has 0 spiro atoms. The molecule has 2 unspecified atom stereocenters. The molecule has 1 aromatic carbocycles. The van der Waals surface area contributed by atoms with Crippen LogP contribution in [0.15, 0.2) is 30.3 Å². The predicted molar refractivity (Wildman–Crippen MR) is 71.9 cm³/mol. The lowest BCUT2D eigenvalue weighted by molar-refractivity contribution is -0.168. The molecule has 0 N–H and O–H groups in total. The van der Waals surface area contributed by atoms with Gasteiger partial charge in [0.05, 0.1) is 20.3 Å². The Bertz CT molecular complexity index is 443. The summed E-state index contributed by atoms with van der Waals surface area (Å²) in [5.41, 5.74) is 1.07. The SMILES string of the molecule is COC(=O)C1OC(C)(C)OC1COCc1ccccc1. The monoisotopic (exact) mass is 280 g/mol. The summed E-state index contributed by atoms with van der Waals surface area (Å²) in [7, 11) is 1.33. The molecule has 0 saturated carbocycles. The molecule has 2 atom stereocenters. The highest BCUT2D eigenvalue weighted by Gasteiger charge is 2.45. The zero-order valence-corrected chi connectivity index (χ0v) is 12.0. The molecule has 0 bridgehead atoms. The molecule has 0 radical (unpaired) electrons. The number of methoxy groups -OCH3 is 1. The van der Waals surface area contributed by atoms with E-state index < -0.39 is 24.0 Å². The summed E-state index contributed by atoms with van der Waals surface area (Å²) in [6, 6.07) is 9.82. The fourth-order valence-electron chi connectivity index (χ4n) is 2.14. The van der Waals surface area contributed by atoms with Crippen LogP contribution in [0, 0.1) is 0 Å². The van der Waals surface area contributed by atoms with Crippen molar-refractivity contribution in [2.45, 2.75) is 38.4 Å². The Morgan fingerprint density at radius 2 is 1.95 bits per heavy atom. The van der Waals surface area contributed by atoms with E-state index in [2.05, 4.69) is 0 Å². The second-order valence-corrected chi connectivity index (χ2v) is 5.12. The van der Waals surface area contributed by atoms with Gasteiger partial charge in [0.25, 0.3) is 0 Å². The third kappa shape index (κ3) is 3.79. The lowest BCUT2D eigenvalue weighted by Gasteiger charge is -2.16. The predicted octanol–water partition coefficient (Wildman–Crippen LogP) is 1.90. The van der Waals surface area contributed by atoms with Crippen molar-refractivity contribution in [2.75, 3.05) is 13.7 Å². The van der Waals surface area contributed by atoms with E-state index in [1.165, 1.54) is 7.11 Å². The first-order valence-corrected chi connectivity index (χ1v) is 6.57. The van der Waals surface area contributed by atoms with Crippen LogP contribution in [0.3, 0.4) is 0 Å². The average Bonchev–Trinajstić information content (AvgIpc) is 2.74. The van der Waals surface area contributed by atoms with Gasteiger partial charge in [0.2, 0.25) is 0 Å². The number of esters is 1. The lowest BCUT2D eigenvalue weighted by Crippen LogP contribution is -2.35. The molecule has 1 aliphatic heterocycles. The van der Waals surface area contributed by atoms with Gasteiger partial charge in [0.15, 0.2) is 11.9 Å². The summed E-state index contributed by atoms with van der Waals surface area (Å²) >= 11 is 0. The molecule has 0 amide bonds. The zero-order chi connectivity index (χ0) is 14.6. The summed E-state index contributed by atoms with van der Waals surface area (Å²) in [6.07, 6.45) is -1.20. The number of hydrogen-bond donors (Lipinski definition) is 0. The quantitative estimate of drug-likeness (QED) is 0.771. The van der Waals surface area contributed by atoms with Crippen molar-refractivity contribution in [2.24, 2.45) is 0 Å². The number of rotatable bonds is 5. The van der Waals surface area contributed by atoms with Gasteiger partial charge in [-0.15, -0.1) is 0 Å². The first-order chi connectivity index (χ1) is 9.52. The highest BCUT2D eigenvalue weighted by Crippen LogP contribution is 2.29. The maximum atomic E-state index is 11.7. The van der Waals surface area contributed by atoms with Crippen LogP contribution in [0.25, 0.3) is 0 Å². The summed E-state index contributed by atoms with van der Waals surface area (Å²) in [5.74, 6) is -1.25. The first kappa shape index (κ1) is 15.0. The Hall–Kier alpha value is -1.43. The molecular formula is C15H20O5. The Labute approximate surface area is 118 Å². The van der Waals surface area contributed by atoms with E-state index in [1.54, 1.807) is 13.8 Å². The normalized spacial score (nSPS) is 24.6. The van der Waals surface area contributed by atoms with Gasteiger partial charge in [-0.2, -0.15) is 0 Å². The van der Waals surface area contributed by atoms with Gasteiger partial charge < -0.3 is 18.9 Å². The third-order valence-corrected chi connectivity index (χ3v) is 3.01. The van der Waals surface area contributed by atoms with E-state index in [0.717, 1.165) is 5.56 Å². The van der Waals surface area contributed by atoms with E-state index in [4.69, 9.17) is 18.9 Å². The van der Waals surface area contributed by atoms with E-state index in [1.807, 2.05) is 30.3 Å². The summed E-state index contributed by atoms with van der Waals surface area (Å²) in [6.45, 7) is 4.27. The number of carbonyl (C=O) groups excluding carboxylic acids is 1. The third-order valence-electron chi connectivity index (χ3n) is 3.01. The standard InChI is InChI=1S/C15H20O5/c1-15(2)19-12(13(20-15)14(16)17-3)10-18-9-11-7-5-4-6-8-11/h4-8,12-13H,9-10H2,1-3H3. The number of carbonyl (C=O) groups is 1. The molecule has 0 aromatic heterocycles. The highest BCUT2D eigenvalue weighted by atomic mass is 16.8. The fourth-order valence-corrected chi connectivity index (χ4v) is 2.14. The number of hydrogen-bond acceptors (Lipinski definition) is 5. The second-order valence-electron chi connectivity index (χ2n) is 5.12. The van der Waals surface area contributed by atoms with Crippen molar-refractivity contribution in [3.8, 4) is 0 Å². The smallest absolute Gasteiger partial charge is 0.337 e. The molecule has 0 aliphatic carbocycles. The van der Waals surface area contributed by atoms with Gasteiger partial charge in [0, 0.05) is 0 Å². The maximum Gasteiger partial charge on any atom is 0.337 e. The average molecular weight is 280 g/mol. The number of ether oxygens (including phenoxy) is 4. The molecule has 5 heteroatoms. The molecule has 5 nitrogen and oxygen atoms in total. The minimum atomic E-state index is -0.806. The fraction of sp³-hybridized carbons (Fsp3) is 0.533. The van der Waals surface area contributed by atoms with Crippen LogP contribution < -0.4 is 0 Å². The van der Waals surface area contributed by atoms with Gasteiger partial charge in [0.1, 0.15) is 6.10 Å². The van der Waals surface area contributed by atoms with Gasteiger partial charge >= 0.3 is 5.97 Å². The van der Waals surface area contributed by atoms with Gasteiger partial charge in [-0.05, 0) is 19.4 Å². The Morgan fingerprint density at radius 1 is 1.25 bits per heavy atom. The minimum Gasteiger partial charge on any atom is -0.467 e. The molecule has 20 heavy (non-hydrogen) atoms. The second kappa shape index (κ2) is 6.35. The summed E-state index contributed by atoms with van der Waals surface area (Å²) in [4.78, 5) is 11.7.